The summed E-state index contributed by atoms with van der Waals surface area (Å²) in [5.41, 5.74) is 2.11. The van der Waals surface area contributed by atoms with Gasteiger partial charge in [0.05, 0.1) is 6.42 Å². The number of fused-ring (bicyclic) bond motifs is 1. The first-order chi connectivity index (χ1) is 11.8. The number of carbonyl (C=O) groups is 2. The summed E-state index contributed by atoms with van der Waals surface area (Å²) in [6.07, 6.45) is 1.05. The average Bonchev–Trinajstić information content (AvgIpc) is 2.55. The first-order valence-corrected chi connectivity index (χ1v) is 8.80. The molecule has 1 aromatic carbocycles. The quantitative estimate of drug-likeness (QED) is 0.901. The molecule has 1 N–H and O–H groups in total. The number of carboxylic acid groups (broad SMARTS) is 1. The number of carbonyl (C=O) groups excluding carboxylic acids is 1. The van der Waals surface area contributed by atoms with E-state index >= 15 is 0 Å². The molecule has 1 amide bonds. The van der Waals surface area contributed by atoms with Gasteiger partial charge in [-0.15, -0.1) is 0 Å². The van der Waals surface area contributed by atoms with Gasteiger partial charge in [0.25, 0.3) is 0 Å². The molecule has 1 saturated carbocycles. The summed E-state index contributed by atoms with van der Waals surface area (Å²) >= 11 is 0. The molecule has 0 saturated heterocycles. The molecule has 136 valence electrons. The molecular weight excluding hydrogens is 328 g/mol. The third-order valence-corrected chi connectivity index (χ3v) is 5.39. The van der Waals surface area contributed by atoms with Gasteiger partial charge in [0, 0.05) is 31.8 Å². The van der Waals surface area contributed by atoms with Crippen LogP contribution in [-0.2, 0) is 22.6 Å². The molecule has 0 unspecified atom stereocenters. The van der Waals surface area contributed by atoms with Crippen LogP contribution in [-0.4, -0.2) is 33.8 Å². The highest BCUT2D eigenvalue weighted by Crippen LogP contribution is 2.38. The van der Waals surface area contributed by atoms with Gasteiger partial charge >= 0.3 is 5.97 Å². The van der Waals surface area contributed by atoms with Gasteiger partial charge in [-0.1, -0.05) is 24.3 Å². The summed E-state index contributed by atoms with van der Waals surface area (Å²) in [5.74, 6) is -3.68. The summed E-state index contributed by atoms with van der Waals surface area (Å²) in [6.45, 7) is 0.399. The van der Waals surface area contributed by atoms with E-state index < -0.39 is 11.9 Å². The second-order valence-corrected chi connectivity index (χ2v) is 7.25. The molecule has 1 atom stereocenters. The Kier molecular flexibility index (Phi) is 5.06. The Morgan fingerprint density at radius 3 is 2.40 bits per heavy atom. The second-order valence-electron chi connectivity index (χ2n) is 7.25. The van der Waals surface area contributed by atoms with Gasteiger partial charge in [-0.3, -0.25) is 9.59 Å². The van der Waals surface area contributed by atoms with Crippen molar-refractivity contribution in [1.29, 1.82) is 0 Å². The van der Waals surface area contributed by atoms with Crippen LogP contribution in [0.1, 0.15) is 49.7 Å². The van der Waals surface area contributed by atoms with Gasteiger partial charge < -0.3 is 10.0 Å². The molecule has 25 heavy (non-hydrogen) atoms. The lowest BCUT2D eigenvalue weighted by Gasteiger charge is -2.38. The first kappa shape index (κ1) is 17.8. The van der Waals surface area contributed by atoms with Crippen LogP contribution in [0.4, 0.5) is 8.78 Å². The molecule has 1 heterocycles. The number of amides is 1. The van der Waals surface area contributed by atoms with Gasteiger partial charge in [0.15, 0.2) is 0 Å². The Labute approximate surface area is 145 Å². The standard InChI is InChI=1S/C19H23F2NO3/c20-19(21)7-5-13(6-8-19)9-17(23)22-12-15-4-2-1-3-14(15)10-16(22)11-18(24)25/h1-4,13,16H,5-12H2,(H,24,25)/t16-/m0/s1. The summed E-state index contributed by atoms with van der Waals surface area (Å²) in [7, 11) is 0. The fraction of sp³-hybridized carbons (Fsp3) is 0.579. The molecule has 1 aliphatic heterocycles. The maximum atomic E-state index is 13.3. The molecule has 0 radical (unpaired) electrons. The van der Waals surface area contributed by atoms with Gasteiger partial charge in [0.2, 0.25) is 11.8 Å². The number of nitrogens with zero attached hydrogens (tertiary/aromatic N) is 1. The van der Waals surface area contributed by atoms with Gasteiger partial charge in [-0.05, 0) is 36.3 Å². The van der Waals surface area contributed by atoms with Gasteiger partial charge in [0.1, 0.15) is 0 Å². The Bertz CT molecular complexity index is 652. The fourth-order valence-corrected chi connectivity index (χ4v) is 3.93. The summed E-state index contributed by atoms with van der Waals surface area (Å²) < 4.78 is 26.6. The van der Waals surface area contributed by atoms with Crippen molar-refractivity contribution in [3.8, 4) is 0 Å². The first-order valence-electron chi connectivity index (χ1n) is 8.80. The maximum Gasteiger partial charge on any atom is 0.305 e. The third-order valence-electron chi connectivity index (χ3n) is 5.39. The number of aliphatic carboxylic acids is 1. The number of alkyl halides is 2. The Hall–Kier alpha value is -1.98. The van der Waals surface area contributed by atoms with E-state index in [4.69, 9.17) is 0 Å². The lowest BCUT2D eigenvalue weighted by molar-refractivity contribution is -0.142. The van der Waals surface area contributed by atoms with Crippen LogP contribution in [0.25, 0.3) is 0 Å². The fourth-order valence-electron chi connectivity index (χ4n) is 3.93. The van der Waals surface area contributed by atoms with Crippen molar-refractivity contribution in [3.05, 3.63) is 35.4 Å². The minimum Gasteiger partial charge on any atom is -0.481 e. The highest BCUT2D eigenvalue weighted by Gasteiger charge is 2.37. The van der Waals surface area contributed by atoms with E-state index in [1.54, 1.807) is 4.90 Å². The number of rotatable bonds is 4. The van der Waals surface area contributed by atoms with Crippen LogP contribution in [0, 0.1) is 5.92 Å². The number of hydrogen-bond acceptors (Lipinski definition) is 2. The number of carboxylic acids is 1. The van der Waals surface area contributed by atoms with Crippen LogP contribution < -0.4 is 0 Å². The predicted molar refractivity (Wildman–Crippen MR) is 88.3 cm³/mol. The van der Waals surface area contributed by atoms with Crippen molar-refractivity contribution in [2.75, 3.05) is 0 Å². The highest BCUT2D eigenvalue weighted by molar-refractivity contribution is 5.78. The van der Waals surface area contributed by atoms with E-state index in [-0.39, 0.29) is 43.6 Å². The summed E-state index contributed by atoms with van der Waals surface area (Å²) in [6, 6.07) is 7.37. The van der Waals surface area contributed by atoms with Crippen molar-refractivity contribution in [1.82, 2.24) is 4.90 Å². The lowest BCUT2D eigenvalue weighted by atomic mass is 9.84. The molecule has 1 fully saturated rings. The van der Waals surface area contributed by atoms with Crippen molar-refractivity contribution >= 4 is 11.9 Å². The van der Waals surface area contributed by atoms with E-state index in [2.05, 4.69) is 0 Å². The van der Waals surface area contributed by atoms with E-state index in [1.165, 1.54) is 0 Å². The minimum absolute atomic E-state index is 0.0326. The number of halogens is 2. The smallest absolute Gasteiger partial charge is 0.305 e. The van der Waals surface area contributed by atoms with Crippen molar-refractivity contribution in [3.63, 3.8) is 0 Å². The normalized spacial score (nSPS) is 23.1. The molecule has 1 aliphatic carbocycles. The highest BCUT2D eigenvalue weighted by atomic mass is 19.3. The van der Waals surface area contributed by atoms with Gasteiger partial charge in [-0.2, -0.15) is 0 Å². The molecule has 0 aromatic heterocycles. The topological polar surface area (TPSA) is 57.6 Å². The largest absolute Gasteiger partial charge is 0.481 e. The van der Waals surface area contributed by atoms with Crippen LogP contribution >= 0.6 is 0 Å². The van der Waals surface area contributed by atoms with Crippen LogP contribution in [0.5, 0.6) is 0 Å². The van der Waals surface area contributed by atoms with Gasteiger partial charge in [-0.25, -0.2) is 8.78 Å². The van der Waals surface area contributed by atoms with Crippen LogP contribution in [0.3, 0.4) is 0 Å². The molecule has 4 nitrogen and oxygen atoms in total. The second kappa shape index (κ2) is 7.10. The third kappa shape index (κ3) is 4.35. The maximum absolute atomic E-state index is 13.3. The van der Waals surface area contributed by atoms with E-state index in [9.17, 15) is 23.5 Å². The minimum atomic E-state index is -2.60. The molecule has 6 heteroatoms. The molecular formula is C19H23F2NO3. The van der Waals surface area contributed by atoms with Crippen molar-refractivity contribution < 1.29 is 23.5 Å². The van der Waals surface area contributed by atoms with Crippen LogP contribution in [0.15, 0.2) is 24.3 Å². The van der Waals surface area contributed by atoms with E-state index in [1.807, 2.05) is 24.3 Å². The predicted octanol–water partition coefficient (Wildman–Crippen LogP) is 3.63. The number of hydrogen-bond donors (Lipinski definition) is 1. The molecule has 0 bridgehead atoms. The Morgan fingerprint density at radius 2 is 1.76 bits per heavy atom. The molecule has 2 aliphatic rings. The zero-order chi connectivity index (χ0) is 18.0. The Morgan fingerprint density at radius 1 is 1.12 bits per heavy atom. The Balaban J connectivity index is 1.69. The lowest BCUT2D eigenvalue weighted by Crippen LogP contribution is -2.46. The van der Waals surface area contributed by atoms with Crippen molar-refractivity contribution in [2.45, 2.75) is 63.5 Å². The average molecular weight is 351 g/mol. The van der Waals surface area contributed by atoms with Crippen molar-refractivity contribution in [2.24, 2.45) is 5.92 Å². The zero-order valence-corrected chi connectivity index (χ0v) is 14.1. The molecule has 1 aromatic rings. The summed E-state index contributed by atoms with van der Waals surface area (Å²) in [4.78, 5) is 25.6. The van der Waals surface area contributed by atoms with E-state index in [0.29, 0.717) is 25.8 Å². The van der Waals surface area contributed by atoms with E-state index in [0.717, 1.165) is 11.1 Å². The van der Waals surface area contributed by atoms with Crippen LogP contribution in [0.2, 0.25) is 0 Å². The molecule has 0 spiro atoms. The molecule has 3 rings (SSSR count). The summed E-state index contributed by atoms with van der Waals surface area (Å²) in [5, 5.41) is 9.17. The zero-order valence-electron chi connectivity index (χ0n) is 14.1. The monoisotopic (exact) mass is 351 g/mol. The number of benzene rings is 1. The SMILES string of the molecule is O=C(O)C[C@@H]1Cc2ccccc2CN1C(=O)CC1CCC(F)(F)CC1.